The number of nitrogen functional groups attached to an aromatic ring is 1. The molecule has 2 aromatic carbocycles. The summed E-state index contributed by atoms with van der Waals surface area (Å²) in [5.41, 5.74) is 7.92. The Kier molecular flexibility index (Phi) is 4.23. The second-order valence-electron chi connectivity index (χ2n) is 5.15. The maximum atomic E-state index is 6.15. The molecule has 1 aromatic heterocycles. The van der Waals surface area contributed by atoms with Gasteiger partial charge in [-0.15, -0.1) is 0 Å². The molecule has 3 rings (SSSR count). The molecule has 1 heterocycles. The lowest BCUT2D eigenvalue weighted by molar-refractivity contribution is 0.877. The average Bonchev–Trinajstić information content (AvgIpc) is 2.50. The minimum atomic E-state index is 0.123. The minimum absolute atomic E-state index is 0.123. The molecule has 0 spiro atoms. The van der Waals surface area contributed by atoms with Crippen LogP contribution in [0.2, 0.25) is 5.02 Å². The number of hydrogen-bond acceptors (Lipinski definition) is 3. The molecule has 0 radical (unpaired) electrons. The Morgan fingerprint density at radius 2 is 1.95 bits per heavy atom. The van der Waals surface area contributed by atoms with Crippen molar-refractivity contribution in [3.63, 3.8) is 0 Å². The number of fused-ring (bicyclic) bond motifs is 1. The molecule has 22 heavy (non-hydrogen) atoms. The number of rotatable bonds is 3. The van der Waals surface area contributed by atoms with Gasteiger partial charge in [0.2, 0.25) is 0 Å². The molecular formula is C17H15BrClN3. The average molecular weight is 377 g/mol. The maximum absolute atomic E-state index is 6.15. The zero-order valence-corrected chi connectivity index (χ0v) is 14.3. The topological polar surface area (TPSA) is 50.9 Å². The van der Waals surface area contributed by atoms with Gasteiger partial charge in [-0.1, -0.05) is 41.9 Å². The lowest BCUT2D eigenvalue weighted by atomic mass is 10.1. The number of benzene rings is 2. The van der Waals surface area contributed by atoms with Crippen molar-refractivity contribution < 1.29 is 0 Å². The number of pyridine rings is 1. The summed E-state index contributed by atoms with van der Waals surface area (Å²) < 4.78 is 0.856. The number of aromatic nitrogens is 1. The highest BCUT2D eigenvalue weighted by atomic mass is 79.9. The molecule has 1 unspecified atom stereocenters. The van der Waals surface area contributed by atoms with E-state index in [-0.39, 0.29) is 6.04 Å². The summed E-state index contributed by atoms with van der Waals surface area (Å²) in [4.78, 5) is 4.48. The third-order valence-corrected chi connectivity index (χ3v) is 4.41. The summed E-state index contributed by atoms with van der Waals surface area (Å²) in [6.45, 7) is 2.10. The number of anilines is 2. The Labute approximate surface area is 142 Å². The molecule has 0 aliphatic rings. The molecule has 0 bridgehead atoms. The van der Waals surface area contributed by atoms with Crippen molar-refractivity contribution in [2.75, 3.05) is 11.1 Å². The summed E-state index contributed by atoms with van der Waals surface area (Å²) in [5, 5.41) is 5.86. The molecule has 0 aliphatic carbocycles. The van der Waals surface area contributed by atoms with Crippen LogP contribution in [-0.2, 0) is 0 Å². The summed E-state index contributed by atoms with van der Waals surface area (Å²) in [5.74, 6) is 0.767. The van der Waals surface area contributed by atoms with E-state index in [9.17, 15) is 0 Å². The first kappa shape index (κ1) is 15.1. The lowest BCUT2D eigenvalue weighted by Gasteiger charge is -2.17. The summed E-state index contributed by atoms with van der Waals surface area (Å²) in [7, 11) is 0. The van der Waals surface area contributed by atoms with E-state index in [1.807, 2.05) is 24.3 Å². The first-order chi connectivity index (χ1) is 10.6. The fourth-order valence-electron chi connectivity index (χ4n) is 2.48. The van der Waals surface area contributed by atoms with Gasteiger partial charge in [0, 0.05) is 38.2 Å². The molecule has 0 fully saturated rings. The standard InChI is InChI=1S/C17H15BrClN3/c1-10(11-5-3-2-4-6-11)22-17-13-7-12(19)8-15(20)16(13)14(18)9-21-17/h2-10H,20H2,1H3,(H,21,22). The zero-order valence-electron chi connectivity index (χ0n) is 12.0. The van der Waals surface area contributed by atoms with Crippen molar-refractivity contribution in [2.24, 2.45) is 0 Å². The van der Waals surface area contributed by atoms with Crippen LogP contribution in [0.25, 0.3) is 10.8 Å². The van der Waals surface area contributed by atoms with Crippen LogP contribution in [0.5, 0.6) is 0 Å². The van der Waals surface area contributed by atoms with E-state index in [1.165, 1.54) is 5.56 Å². The first-order valence-corrected chi connectivity index (χ1v) is 8.08. The minimum Gasteiger partial charge on any atom is -0.398 e. The van der Waals surface area contributed by atoms with Crippen LogP contribution < -0.4 is 11.1 Å². The van der Waals surface area contributed by atoms with Crippen LogP contribution in [0.15, 0.2) is 53.1 Å². The number of halogens is 2. The second-order valence-corrected chi connectivity index (χ2v) is 6.44. The van der Waals surface area contributed by atoms with E-state index < -0.39 is 0 Å². The molecule has 1 atom stereocenters. The van der Waals surface area contributed by atoms with Crippen LogP contribution in [0.3, 0.4) is 0 Å². The number of nitrogens with zero attached hydrogens (tertiary/aromatic N) is 1. The van der Waals surface area contributed by atoms with Crippen molar-refractivity contribution in [1.82, 2.24) is 4.98 Å². The predicted molar refractivity (Wildman–Crippen MR) is 97.3 cm³/mol. The highest BCUT2D eigenvalue weighted by Crippen LogP contribution is 2.36. The Balaban J connectivity index is 2.06. The summed E-state index contributed by atoms with van der Waals surface area (Å²) >= 11 is 9.66. The van der Waals surface area contributed by atoms with Gasteiger partial charge in [0.15, 0.2) is 0 Å². The third kappa shape index (κ3) is 2.89. The molecule has 0 amide bonds. The van der Waals surface area contributed by atoms with Gasteiger partial charge in [-0.05, 0) is 40.5 Å². The molecule has 112 valence electrons. The molecule has 3 N–H and O–H groups in total. The summed E-state index contributed by atoms with van der Waals surface area (Å²) in [6.07, 6.45) is 1.76. The van der Waals surface area contributed by atoms with Crippen LogP contribution in [0.4, 0.5) is 11.5 Å². The molecule has 0 saturated carbocycles. The molecule has 0 aliphatic heterocycles. The number of nitrogens with one attached hydrogen (secondary N) is 1. The molecule has 3 aromatic rings. The normalized spacial score (nSPS) is 12.3. The highest BCUT2D eigenvalue weighted by molar-refractivity contribution is 9.10. The van der Waals surface area contributed by atoms with Gasteiger partial charge in [0.05, 0.1) is 0 Å². The highest BCUT2D eigenvalue weighted by Gasteiger charge is 2.13. The predicted octanol–water partition coefficient (Wildman–Crippen LogP) is 5.41. The number of nitrogens with two attached hydrogens (primary N) is 1. The van der Waals surface area contributed by atoms with Crippen molar-refractivity contribution in [1.29, 1.82) is 0 Å². The SMILES string of the molecule is CC(Nc1ncc(Br)c2c(N)cc(Cl)cc12)c1ccccc1. The van der Waals surface area contributed by atoms with E-state index in [0.29, 0.717) is 10.7 Å². The van der Waals surface area contributed by atoms with E-state index in [4.69, 9.17) is 17.3 Å². The van der Waals surface area contributed by atoms with Gasteiger partial charge < -0.3 is 11.1 Å². The lowest BCUT2D eigenvalue weighted by Crippen LogP contribution is -2.08. The Morgan fingerprint density at radius 3 is 2.68 bits per heavy atom. The van der Waals surface area contributed by atoms with Gasteiger partial charge in [0.25, 0.3) is 0 Å². The van der Waals surface area contributed by atoms with E-state index in [1.54, 1.807) is 12.3 Å². The van der Waals surface area contributed by atoms with Crippen molar-refractivity contribution >= 4 is 49.8 Å². The van der Waals surface area contributed by atoms with Gasteiger partial charge in [-0.2, -0.15) is 0 Å². The molecule has 5 heteroatoms. The van der Waals surface area contributed by atoms with E-state index in [0.717, 1.165) is 21.1 Å². The van der Waals surface area contributed by atoms with Gasteiger partial charge >= 0.3 is 0 Å². The molecular weight excluding hydrogens is 362 g/mol. The zero-order chi connectivity index (χ0) is 15.7. The van der Waals surface area contributed by atoms with Crippen molar-refractivity contribution in [2.45, 2.75) is 13.0 Å². The van der Waals surface area contributed by atoms with Crippen LogP contribution in [0.1, 0.15) is 18.5 Å². The Hall–Kier alpha value is -1.78. The summed E-state index contributed by atoms with van der Waals surface area (Å²) in [6, 6.07) is 14.0. The van der Waals surface area contributed by atoms with Gasteiger partial charge in [0.1, 0.15) is 5.82 Å². The van der Waals surface area contributed by atoms with E-state index in [2.05, 4.69) is 45.3 Å². The van der Waals surface area contributed by atoms with Crippen LogP contribution >= 0.6 is 27.5 Å². The smallest absolute Gasteiger partial charge is 0.134 e. The fourth-order valence-corrected chi connectivity index (χ4v) is 3.25. The monoisotopic (exact) mass is 375 g/mol. The van der Waals surface area contributed by atoms with Crippen LogP contribution in [0, 0.1) is 0 Å². The quantitative estimate of drug-likeness (QED) is 0.601. The fraction of sp³-hybridized carbons (Fsp3) is 0.118. The van der Waals surface area contributed by atoms with E-state index >= 15 is 0 Å². The van der Waals surface area contributed by atoms with Crippen LogP contribution in [-0.4, -0.2) is 4.98 Å². The van der Waals surface area contributed by atoms with Gasteiger partial charge in [-0.3, -0.25) is 0 Å². The van der Waals surface area contributed by atoms with Crippen molar-refractivity contribution in [3.05, 3.63) is 63.7 Å². The first-order valence-electron chi connectivity index (χ1n) is 6.91. The number of hydrogen-bond donors (Lipinski definition) is 2. The maximum Gasteiger partial charge on any atom is 0.134 e. The van der Waals surface area contributed by atoms with Crippen molar-refractivity contribution in [3.8, 4) is 0 Å². The molecule has 0 saturated heterocycles. The second kappa shape index (κ2) is 6.15. The Bertz CT molecular complexity index is 821. The Morgan fingerprint density at radius 1 is 1.23 bits per heavy atom. The van der Waals surface area contributed by atoms with Gasteiger partial charge in [-0.25, -0.2) is 4.98 Å². The molecule has 3 nitrogen and oxygen atoms in total. The third-order valence-electron chi connectivity index (χ3n) is 3.59. The largest absolute Gasteiger partial charge is 0.398 e.